The van der Waals surface area contributed by atoms with Crippen molar-refractivity contribution in [3.63, 3.8) is 0 Å². The highest BCUT2D eigenvalue weighted by Gasteiger charge is 2.62. The summed E-state index contributed by atoms with van der Waals surface area (Å²) < 4.78 is 63.4. The largest absolute Gasteiger partial charge is 0.489 e. The van der Waals surface area contributed by atoms with E-state index in [2.05, 4.69) is 0 Å². The fourth-order valence-corrected chi connectivity index (χ4v) is 7.12. The first-order valence-electron chi connectivity index (χ1n) is 12.4. The predicted octanol–water partition coefficient (Wildman–Crippen LogP) is 3.61. The molecule has 39 heavy (non-hydrogen) atoms. The number of ether oxygens (including phenoxy) is 4. The summed E-state index contributed by atoms with van der Waals surface area (Å²) in [6, 6.07) is 9.09. The zero-order chi connectivity index (χ0) is 28.2. The van der Waals surface area contributed by atoms with Gasteiger partial charge in [0, 0.05) is 25.3 Å². The lowest BCUT2D eigenvalue weighted by Crippen LogP contribution is -2.67. The normalized spacial score (nSPS) is 21.0. The molecule has 2 aliphatic heterocycles. The number of likely N-dealkylation sites (tertiary alicyclic amines) is 1. The van der Waals surface area contributed by atoms with Gasteiger partial charge in [-0.25, -0.2) is 22.4 Å². The summed E-state index contributed by atoms with van der Waals surface area (Å²) in [5, 5.41) is 0.218. The molecule has 2 unspecified atom stereocenters. The van der Waals surface area contributed by atoms with Crippen LogP contribution in [0.5, 0.6) is 5.75 Å². The van der Waals surface area contributed by atoms with Crippen LogP contribution in [-0.2, 0) is 35.6 Å². The molecule has 0 N–H and O–H groups in total. The Labute approximate surface area is 231 Å². The molecule has 1 amide bonds. The number of carbonyl (C=O) groups excluding carboxylic acids is 2. The number of fused-ring (bicyclic) bond motifs is 2. The molecule has 0 aromatic heterocycles. The van der Waals surface area contributed by atoms with Gasteiger partial charge in [0.25, 0.3) is 0 Å². The Hall–Kier alpha value is -2.93. The fraction of sp³-hybridized carbons (Fsp3) is 0.462. The molecule has 10 nitrogen and oxygen atoms in total. The summed E-state index contributed by atoms with van der Waals surface area (Å²) in [7, 11) is -2.69. The number of carbonyl (C=O) groups is 2. The molecular weight excluding hydrogens is 555 g/mol. The molecule has 212 valence electrons. The number of esters is 1. The minimum atomic E-state index is -4.17. The lowest BCUT2D eigenvalue weighted by Gasteiger charge is -2.45. The lowest BCUT2D eigenvalue weighted by atomic mass is 9.97. The Bertz CT molecular complexity index is 1310. The van der Waals surface area contributed by atoms with E-state index in [1.807, 2.05) is 0 Å². The summed E-state index contributed by atoms with van der Waals surface area (Å²) >= 11 is 6.04. The molecule has 2 atom stereocenters. The van der Waals surface area contributed by atoms with Crippen molar-refractivity contribution in [2.24, 2.45) is 0 Å². The fourth-order valence-electron chi connectivity index (χ4n) is 4.94. The Kier molecular flexibility index (Phi) is 9.00. The molecule has 0 spiro atoms. The number of nitrogens with zero attached hydrogens (tertiary/aromatic N) is 2. The van der Waals surface area contributed by atoms with Crippen LogP contribution in [0.1, 0.15) is 25.3 Å². The molecule has 13 heteroatoms. The number of sulfonamides is 1. The topological polar surface area (TPSA) is 112 Å². The van der Waals surface area contributed by atoms with Crippen LogP contribution in [0.2, 0.25) is 5.02 Å². The monoisotopic (exact) mass is 584 g/mol. The standard InChI is InChI=1S/C26H30ClFN2O8S/c1-3-36-24(31)26-11-10-20(15-29(17-26)25(32)37-13-12-35-2)30(26)39(33,34)22-8-6-21(7-9-22)38-16-18-4-5-19(28)14-23(18)27/h4-9,14,20H,3,10-13,15-17H2,1-2H3. The average Bonchev–Trinajstić information content (AvgIpc) is 3.17. The average molecular weight is 585 g/mol. The predicted molar refractivity (Wildman–Crippen MR) is 138 cm³/mol. The number of rotatable bonds is 10. The maximum absolute atomic E-state index is 13.9. The van der Waals surface area contributed by atoms with E-state index in [0.29, 0.717) is 17.7 Å². The zero-order valence-electron chi connectivity index (χ0n) is 21.6. The third-order valence-corrected chi connectivity index (χ3v) is 9.13. The number of amides is 1. The maximum atomic E-state index is 13.9. The second kappa shape index (κ2) is 12.1. The highest BCUT2D eigenvalue weighted by Crippen LogP contribution is 2.44. The van der Waals surface area contributed by atoms with Gasteiger partial charge in [0.05, 0.1) is 29.7 Å². The number of hydrogen-bond donors (Lipinski definition) is 0. The number of halogens is 2. The van der Waals surface area contributed by atoms with E-state index < -0.39 is 39.5 Å². The van der Waals surface area contributed by atoms with E-state index >= 15 is 0 Å². The zero-order valence-corrected chi connectivity index (χ0v) is 23.2. The molecular formula is C26H30ClFN2O8S. The van der Waals surface area contributed by atoms with Gasteiger partial charge in [-0.15, -0.1) is 0 Å². The van der Waals surface area contributed by atoms with Gasteiger partial charge in [-0.3, -0.25) is 0 Å². The minimum absolute atomic E-state index is 0.0344. The third-order valence-electron chi connectivity index (χ3n) is 6.74. The Morgan fingerprint density at radius 1 is 1.13 bits per heavy atom. The Balaban J connectivity index is 1.55. The third kappa shape index (κ3) is 5.98. The molecule has 2 saturated heterocycles. The maximum Gasteiger partial charge on any atom is 0.409 e. The molecule has 0 saturated carbocycles. The van der Waals surface area contributed by atoms with Crippen molar-refractivity contribution in [3.8, 4) is 5.75 Å². The molecule has 2 bridgehead atoms. The van der Waals surface area contributed by atoms with Crippen LogP contribution < -0.4 is 4.74 Å². The van der Waals surface area contributed by atoms with Crippen LogP contribution in [-0.4, -0.2) is 81.3 Å². The van der Waals surface area contributed by atoms with E-state index in [-0.39, 0.29) is 55.9 Å². The van der Waals surface area contributed by atoms with Crippen LogP contribution in [0, 0.1) is 5.82 Å². The first-order chi connectivity index (χ1) is 18.6. The molecule has 2 aromatic carbocycles. The highest BCUT2D eigenvalue weighted by atomic mass is 35.5. The van der Waals surface area contributed by atoms with Crippen LogP contribution >= 0.6 is 11.6 Å². The summed E-state index contributed by atoms with van der Waals surface area (Å²) in [5.74, 6) is -0.792. The van der Waals surface area contributed by atoms with Gasteiger partial charge >= 0.3 is 12.1 Å². The van der Waals surface area contributed by atoms with E-state index in [9.17, 15) is 22.4 Å². The van der Waals surface area contributed by atoms with Gasteiger partial charge in [-0.1, -0.05) is 17.7 Å². The van der Waals surface area contributed by atoms with Crippen molar-refractivity contribution in [1.29, 1.82) is 0 Å². The van der Waals surface area contributed by atoms with Crippen molar-refractivity contribution in [3.05, 3.63) is 58.9 Å². The highest BCUT2D eigenvalue weighted by molar-refractivity contribution is 7.89. The van der Waals surface area contributed by atoms with E-state index in [1.165, 1.54) is 58.8 Å². The van der Waals surface area contributed by atoms with Crippen LogP contribution in [0.15, 0.2) is 47.4 Å². The Morgan fingerprint density at radius 3 is 2.54 bits per heavy atom. The minimum Gasteiger partial charge on any atom is -0.489 e. The first kappa shape index (κ1) is 29.1. The van der Waals surface area contributed by atoms with Gasteiger partial charge in [0.1, 0.15) is 24.8 Å². The number of piperazine rings is 1. The second-order valence-electron chi connectivity index (χ2n) is 9.23. The van der Waals surface area contributed by atoms with E-state index in [1.54, 1.807) is 6.92 Å². The molecule has 2 aliphatic rings. The van der Waals surface area contributed by atoms with Crippen LogP contribution in [0.3, 0.4) is 0 Å². The number of benzene rings is 2. The van der Waals surface area contributed by atoms with Crippen LogP contribution in [0.4, 0.5) is 9.18 Å². The van der Waals surface area contributed by atoms with E-state index in [4.69, 9.17) is 30.5 Å². The quantitative estimate of drug-likeness (QED) is 0.308. The summed E-state index contributed by atoms with van der Waals surface area (Å²) in [4.78, 5) is 27.2. The van der Waals surface area contributed by atoms with Crippen molar-refractivity contribution >= 4 is 33.7 Å². The van der Waals surface area contributed by atoms with Crippen molar-refractivity contribution < 1.29 is 41.3 Å². The number of methoxy groups -OCH3 is 1. The second-order valence-corrected chi connectivity index (χ2v) is 11.5. The number of hydrogen-bond acceptors (Lipinski definition) is 8. The first-order valence-corrected chi connectivity index (χ1v) is 14.2. The molecule has 4 rings (SSSR count). The Morgan fingerprint density at radius 2 is 1.87 bits per heavy atom. The van der Waals surface area contributed by atoms with Crippen LogP contribution in [0.25, 0.3) is 0 Å². The summed E-state index contributed by atoms with van der Waals surface area (Å²) in [5.41, 5.74) is -1.01. The van der Waals surface area contributed by atoms with Crippen molar-refractivity contribution in [2.75, 3.05) is 40.0 Å². The van der Waals surface area contributed by atoms with Gasteiger partial charge < -0.3 is 23.8 Å². The molecule has 0 radical (unpaired) electrons. The molecule has 2 heterocycles. The van der Waals surface area contributed by atoms with Crippen molar-refractivity contribution in [2.45, 2.75) is 42.8 Å². The van der Waals surface area contributed by atoms with Gasteiger partial charge in [-0.2, -0.15) is 4.31 Å². The van der Waals surface area contributed by atoms with E-state index in [0.717, 1.165) is 0 Å². The lowest BCUT2D eigenvalue weighted by molar-refractivity contribution is -0.156. The molecule has 2 aromatic rings. The molecule has 2 fully saturated rings. The SMILES string of the molecule is CCOC(=O)C12CCC(CN(C(=O)OCCOC)C1)N2S(=O)(=O)c1ccc(OCc2ccc(F)cc2Cl)cc1. The van der Waals surface area contributed by atoms with Gasteiger partial charge in [0.15, 0.2) is 5.54 Å². The van der Waals surface area contributed by atoms with Gasteiger partial charge in [-0.05, 0) is 56.2 Å². The molecule has 0 aliphatic carbocycles. The summed E-state index contributed by atoms with van der Waals surface area (Å²) in [6.45, 7) is 1.88. The van der Waals surface area contributed by atoms with Crippen molar-refractivity contribution in [1.82, 2.24) is 9.21 Å². The summed E-state index contributed by atoms with van der Waals surface area (Å²) in [6.07, 6.45) is -0.0658. The van der Waals surface area contributed by atoms with Gasteiger partial charge in [0.2, 0.25) is 10.0 Å². The smallest absolute Gasteiger partial charge is 0.409 e.